The maximum absolute atomic E-state index is 12.0. The Morgan fingerprint density at radius 3 is 2.42 bits per heavy atom. The molecule has 1 amide bonds. The van der Waals surface area contributed by atoms with Gasteiger partial charge in [-0.05, 0) is 35.9 Å². The molecule has 0 saturated carbocycles. The fraction of sp³-hybridized carbons (Fsp3) is 0.0714. The molecule has 2 aromatic rings. The lowest BCUT2D eigenvalue weighted by atomic mass is 10.2. The maximum atomic E-state index is 12.0. The molecule has 0 aliphatic heterocycles. The number of nitrogens with one attached hydrogen (secondary N) is 1. The van der Waals surface area contributed by atoms with Crippen molar-refractivity contribution in [3.05, 3.63) is 58.6 Å². The summed E-state index contributed by atoms with van der Waals surface area (Å²) < 4.78 is 0. The number of aromatic hydroxyl groups is 1. The van der Waals surface area contributed by atoms with Crippen molar-refractivity contribution in [1.82, 2.24) is 0 Å². The van der Waals surface area contributed by atoms with Crippen molar-refractivity contribution in [1.29, 1.82) is 0 Å². The van der Waals surface area contributed by atoms with E-state index >= 15 is 0 Å². The summed E-state index contributed by atoms with van der Waals surface area (Å²) in [6.45, 7) is 0. The molecule has 3 nitrogen and oxygen atoms in total. The molecule has 2 aromatic carbocycles. The molecule has 0 saturated heterocycles. The van der Waals surface area contributed by atoms with Gasteiger partial charge in [0.2, 0.25) is 0 Å². The molecular weight excluding hydrogens is 285 g/mol. The highest BCUT2D eigenvalue weighted by atomic mass is 35.5. The minimum Gasteiger partial charge on any atom is -0.506 e. The molecule has 0 atom stereocenters. The molecule has 98 valence electrons. The summed E-state index contributed by atoms with van der Waals surface area (Å²) >= 11 is 11.4. The van der Waals surface area contributed by atoms with E-state index in [-0.39, 0.29) is 16.7 Å². The van der Waals surface area contributed by atoms with Gasteiger partial charge in [-0.3, -0.25) is 4.79 Å². The molecule has 2 rings (SSSR count). The number of phenols is 1. The lowest BCUT2D eigenvalue weighted by molar-refractivity contribution is 0.102. The monoisotopic (exact) mass is 295 g/mol. The van der Waals surface area contributed by atoms with Crippen LogP contribution in [0, 0.1) is 0 Å². The number of halogens is 2. The second-order valence-electron chi connectivity index (χ2n) is 3.95. The van der Waals surface area contributed by atoms with Gasteiger partial charge in [0, 0.05) is 17.1 Å². The molecule has 2 N–H and O–H groups in total. The second kappa shape index (κ2) is 5.95. The van der Waals surface area contributed by atoms with Crippen LogP contribution in [0.3, 0.4) is 0 Å². The molecule has 0 spiro atoms. The van der Waals surface area contributed by atoms with E-state index in [1.165, 1.54) is 18.2 Å². The first-order valence-electron chi connectivity index (χ1n) is 5.55. The van der Waals surface area contributed by atoms with E-state index in [1.807, 2.05) is 12.1 Å². The number of benzene rings is 2. The van der Waals surface area contributed by atoms with Crippen molar-refractivity contribution in [2.24, 2.45) is 0 Å². The number of amides is 1. The lowest BCUT2D eigenvalue weighted by Crippen LogP contribution is -2.11. The molecule has 0 radical (unpaired) electrons. The average molecular weight is 296 g/mol. The highest BCUT2D eigenvalue weighted by Crippen LogP contribution is 2.24. The average Bonchev–Trinajstić information content (AvgIpc) is 2.42. The Balaban J connectivity index is 2.13. The second-order valence-corrected chi connectivity index (χ2v) is 4.63. The fourth-order valence-electron chi connectivity index (χ4n) is 1.53. The Morgan fingerprint density at radius 2 is 1.84 bits per heavy atom. The molecule has 0 unspecified atom stereocenters. The predicted molar refractivity (Wildman–Crippen MR) is 77.1 cm³/mol. The molecular formula is C14H11Cl2NO2. The van der Waals surface area contributed by atoms with Crippen LogP contribution in [0.2, 0.25) is 5.02 Å². The SMILES string of the molecule is O=C(Nc1ccc(CCl)cc1)c1ccc(O)c(Cl)c1. The van der Waals surface area contributed by atoms with Gasteiger partial charge in [-0.15, -0.1) is 11.6 Å². The number of hydrogen-bond acceptors (Lipinski definition) is 2. The van der Waals surface area contributed by atoms with Gasteiger partial charge in [0.1, 0.15) is 5.75 Å². The number of anilines is 1. The summed E-state index contributed by atoms with van der Waals surface area (Å²) in [5.41, 5.74) is 2.03. The van der Waals surface area contributed by atoms with E-state index in [1.54, 1.807) is 12.1 Å². The smallest absolute Gasteiger partial charge is 0.255 e. The van der Waals surface area contributed by atoms with Gasteiger partial charge < -0.3 is 10.4 Å². The van der Waals surface area contributed by atoms with E-state index in [9.17, 15) is 9.90 Å². The number of phenolic OH excluding ortho intramolecular Hbond substituents is 1. The Bertz CT molecular complexity index is 597. The predicted octanol–water partition coefficient (Wildman–Crippen LogP) is 4.04. The summed E-state index contributed by atoms with van der Waals surface area (Å²) in [5, 5.41) is 12.2. The minimum atomic E-state index is -0.291. The lowest BCUT2D eigenvalue weighted by Gasteiger charge is -2.06. The Morgan fingerprint density at radius 1 is 1.16 bits per heavy atom. The van der Waals surface area contributed by atoms with Gasteiger partial charge in [0.05, 0.1) is 5.02 Å². The van der Waals surface area contributed by atoms with Crippen LogP contribution < -0.4 is 5.32 Å². The zero-order valence-corrected chi connectivity index (χ0v) is 11.4. The van der Waals surface area contributed by atoms with Gasteiger partial charge in [0.25, 0.3) is 5.91 Å². The minimum absolute atomic E-state index is 0.0512. The van der Waals surface area contributed by atoms with E-state index in [0.717, 1.165) is 5.56 Å². The standard InChI is InChI=1S/C14H11Cl2NO2/c15-8-9-1-4-11(5-2-9)17-14(19)10-3-6-13(18)12(16)7-10/h1-7,18H,8H2,(H,17,19). The molecule has 0 aromatic heterocycles. The number of carbonyl (C=O) groups excluding carboxylic acids is 1. The van der Waals surface area contributed by atoms with E-state index in [0.29, 0.717) is 17.1 Å². The van der Waals surface area contributed by atoms with Gasteiger partial charge in [-0.2, -0.15) is 0 Å². The zero-order chi connectivity index (χ0) is 13.8. The summed E-state index contributed by atoms with van der Waals surface area (Å²) in [4.78, 5) is 12.0. The normalized spacial score (nSPS) is 10.2. The van der Waals surface area contributed by atoms with Crippen molar-refractivity contribution in [3.8, 4) is 5.75 Å². The Hall–Kier alpha value is -1.71. The first-order chi connectivity index (χ1) is 9.10. The molecule has 0 aliphatic rings. The summed E-state index contributed by atoms with van der Waals surface area (Å²) in [7, 11) is 0. The van der Waals surface area contributed by atoms with Gasteiger partial charge >= 0.3 is 0 Å². The molecule has 5 heteroatoms. The number of hydrogen-bond donors (Lipinski definition) is 2. The van der Waals surface area contributed by atoms with E-state index in [2.05, 4.69) is 5.32 Å². The summed E-state index contributed by atoms with van der Waals surface area (Å²) in [6, 6.07) is 11.5. The topological polar surface area (TPSA) is 49.3 Å². The van der Waals surface area contributed by atoms with Gasteiger partial charge in [0.15, 0.2) is 0 Å². The zero-order valence-electron chi connectivity index (χ0n) is 9.86. The summed E-state index contributed by atoms with van der Waals surface area (Å²) in [5.74, 6) is 0.0899. The molecule has 19 heavy (non-hydrogen) atoms. The molecule has 0 fully saturated rings. The third-order valence-corrected chi connectivity index (χ3v) is 3.19. The van der Waals surface area contributed by atoms with Crippen molar-refractivity contribution < 1.29 is 9.90 Å². The van der Waals surface area contributed by atoms with Crippen LogP contribution in [0.25, 0.3) is 0 Å². The van der Waals surface area contributed by atoms with Gasteiger partial charge in [-0.1, -0.05) is 23.7 Å². The fourth-order valence-corrected chi connectivity index (χ4v) is 1.89. The van der Waals surface area contributed by atoms with E-state index in [4.69, 9.17) is 23.2 Å². The largest absolute Gasteiger partial charge is 0.506 e. The van der Waals surface area contributed by atoms with Crippen molar-refractivity contribution in [3.63, 3.8) is 0 Å². The summed E-state index contributed by atoms with van der Waals surface area (Å²) in [6.07, 6.45) is 0. The molecule has 0 aliphatic carbocycles. The van der Waals surface area contributed by atoms with Crippen LogP contribution in [-0.4, -0.2) is 11.0 Å². The quantitative estimate of drug-likeness (QED) is 0.840. The first kappa shape index (κ1) is 13.7. The highest BCUT2D eigenvalue weighted by molar-refractivity contribution is 6.32. The van der Waals surface area contributed by atoms with Crippen LogP contribution in [0.4, 0.5) is 5.69 Å². The maximum Gasteiger partial charge on any atom is 0.255 e. The van der Waals surface area contributed by atoms with Crippen LogP contribution >= 0.6 is 23.2 Å². The van der Waals surface area contributed by atoms with E-state index < -0.39 is 0 Å². The van der Waals surface area contributed by atoms with Gasteiger partial charge in [-0.25, -0.2) is 0 Å². The third kappa shape index (κ3) is 3.40. The Labute approximate surface area is 120 Å². The van der Waals surface area contributed by atoms with Crippen LogP contribution in [0.15, 0.2) is 42.5 Å². The third-order valence-electron chi connectivity index (χ3n) is 2.58. The Kier molecular flexibility index (Phi) is 4.30. The molecule has 0 bridgehead atoms. The van der Waals surface area contributed by atoms with Crippen LogP contribution in [-0.2, 0) is 5.88 Å². The van der Waals surface area contributed by atoms with Crippen molar-refractivity contribution in [2.75, 3.05) is 5.32 Å². The van der Waals surface area contributed by atoms with Crippen LogP contribution in [0.1, 0.15) is 15.9 Å². The van der Waals surface area contributed by atoms with Crippen molar-refractivity contribution >= 4 is 34.8 Å². The van der Waals surface area contributed by atoms with Crippen LogP contribution in [0.5, 0.6) is 5.75 Å². The number of rotatable bonds is 3. The number of alkyl halides is 1. The first-order valence-corrected chi connectivity index (χ1v) is 6.46. The van der Waals surface area contributed by atoms with Crippen molar-refractivity contribution in [2.45, 2.75) is 5.88 Å². The number of carbonyl (C=O) groups is 1. The highest BCUT2D eigenvalue weighted by Gasteiger charge is 2.08. The molecule has 0 heterocycles.